The summed E-state index contributed by atoms with van der Waals surface area (Å²) < 4.78 is 6.58. The second-order valence-electron chi connectivity index (χ2n) is 4.34. The number of H-pyrrole nitrogens is 1. The van der Waals surface area contributed by atoms with Crippen LogP contribution >= 0.6 is 11.6 Å². The standard InChI is InChI=1S/C13H9ClN4O4/c1-22-8-4-16-12(18-5-6(14)2-17-18)10-9(8)7(3-15-10)11(19)13(20)21/h2-5,15H,1H3,(H,20,21). The molecule has 0 amide bonds. The van der Waals surface area contributed by atoms with Crippen molar-refractivity contribution in [1.29, 1.82) is 0 Å². The molecule has 0 bridgehead atoms. The first-order chi connectivity index (χ1) is 10.5. The maximum Gasteiger partial charge on any atom is 0.377 e. The average molecular weight is 321 g/mol. The van der Waals surface area contributed by atoms with Crippen LogP contribution in [0.25, 0.3) is 16.7 Å². The minimum atomic E-state index is -1.55. The Morgan fingerprint density at radius 1 is 1.41 bits per heavy atom. The number of carbonyl (C=O) groups is 2. The molecule has 112 valence electrons. The summed E-state index contributed by atoms with van der Waals surface area (Å²) in [4.78, 5) is 29.8. The Labute approximate surface area is 128 Å². The number of ketones is 1. The van der Waals surface area contributed by atoms with Crippen LogP contribution < -0.4 is 4.74 Å². The fourth-order valence-corrected chi connectivity index (χ4v) is 2.28. The number of hydrogen-bond donors (Lipinski definition) is 2. The molecule has 22 heavy (non-hydrogen) atoms. The third-order valence-corrected chi connectivity index (χ3v) is 3.28. The molecule has 3 aromatic heterocycles. The van der Waals surface area contributed by atoms with Crippen molar-refractivity contribution in [1.82, 2.24) is 19.7 Å². The number of carbonyl (C=O) groups excluding carboxylic acids is 1. The summed E-state index contributed by atoms with van der Waals surface area (Å²) >= 11 is 5.84. The van der Waals surface area contributed by atoms with Gasteiger partial charge in [-0.15, -0.1) is 0 Å². The van der Waals surface area contributed by atoms with Gasteiger partial charge in [-0.2, -0.15) is 5.10 Å². The minimum absolute atomic E-state index is 0.0127. The first kappa shape index (κ1) is 14.1. The van der Waals surface area contributed by atoms with Gasteiger partial charge in [-0.1, -0.05) is 11.6 Å². The van der Waals surface area contributed by atoms with E-state index >= 15 is 0 Å². The number of aromatic nitrogens is 4. The molecule has 2 N–H and O–H groups in total. The van der Waals surface area contributed by atoms with Crippen LogP contribution in [0.5, 0.6) is 5.75 Å². The fraction of sp³-hybridized carbons (Fsp3) is 0.0769. The molecule has 0 saturated heterocycles. The second-order valence-corrected chi connectivity index (χ2v) is 4.78. The van der Waals surface area contributed by atoms with Crippen molar-refractivity contribution in [3.63, 3.8) is 0 Å². The van der Waals surface area contributed by atoms with E-state index in [4.69, 9.17) is 21.4 Å². The number of rotatable bonds is 4. The predicted octanol–water partition coefficient (Wildman–Crippen LogP) is 1.68. The topological polar surface area (TPSA) is 110 Å². The van der Waals surface area contributed by atoms with Crippen molar-refractivity contribution in [3.8, 4) is 11.6 Å². The first-order valence-electron chi connectivity index (χ1n) is 6.05. The van der Waals surface area contributed by atoms with E-state index in [9.17, 15) is 9.59 Å². The number of hydrogen-bond acceptors (Lipinski definition) is 5. The number of nitrogens with one attached hydrogen (secondary N) is 1. The molecule has 0 fully saturated rings. The molecule has 0 atom stereocenters. The quantitative estimate of drug-likeness (QED) is 0.559. The SMILES string of the molecule is COc1cnc(-n2cc(Cl)cn2)c2[nH]cc(C(=O)C(=O)O)c12. The monoisotopic (exact) mass is 320 g/mol. The largest absolute Gasteiger partial charge is 0.494 e. The molecule has 3 aromatic rings. The Morgan fingerprint density at radius 2 is 2.18 bits per heavy atom. The van der Waals surface area contributed by atoms with Crippen LogP contribution in [0.2, 0.25) is 5.02 Å². The number of aromatic amines is 1. The summed E-state index contributed by atoms with van der Waals surface area (Å²) in [6.07, 6.45) is 5.67. The Hall–Kier alpha value is -2.87. The van der Waals surface area contributed by atoms with Crippen molar-refractivity contribution >= 4 is 34.3 Å². The Bertz CT molecular complexity index is 899. The van der Waals surface area contributed by atoms with Gasteiger partial charge in [0.2, 0.25) is 0 Å². The van der Waals surface area contributed by atoms with Gasteiger partial charge in [-0.05, 0) is 0 Å². The second kappa shape index (κ2) is 5.15. The highest BCUT2D eigenvalue weighted by atomic mass is 35.5. The summed E-state index contributed by atoms with van der Waals surface area (Å²) in [7, 11) is 1.41. The van der Waals surface area contributed by atoms with Crippen LogP contribution in [-0.2, 0) is 4.79 Å². The zero-order valence-corrected chi connectivity index (χ0v) is 12.0. The van der Waals surface area contributed by atoms with Gasteiger partial charge in [0.1, 0.15) is 5.75 Å². The zero-order chi connectivity index (χ0) is 15.9. The molecule has 0 radical (unpaired) electrons. The highest BCUT2D eigenvalue weighted by Crippen LogP contribution is 2.31. The lowest BCUT2D eigenvalue weighted by Crippen LogP contribution is -2.12. The third kappa shape index (κ3) is 2.09. The summed E-state index contributed by atoms with van der Waals surface area (Å²) in [5.74, 6) is -1.95. The molecule has 3 heterocycles. The molecule has 9 heteroatoms. The van der Waals surface area contributed by atoms with Crippen LogP contribution in [0.3, 0.4) is 0 Å². The molecule has 8 nitrogen and oxygen atoms in total. The van der Waals surface area contributed by atoms with E-state index in [-0.39, 0.29) is 11.3 Å². The lowest BCUT2D eigenvalue weighted by Gasteiger charge is -2.07. The first-order valence-corrected chi connectivity index (χ1v) is 6.43. The number of ether oxygens (including phenoxy) is 1. The van der Waals surface area contributed by atoms with Crippen LogP contribution in [-0.4, -0.2) is 43.7 Å². The van der Waals surface area contributed by atoms with Crippen LogP contribution in [0.1, 0.15) is 10.4 Å². The van der Waals surface area contributed by atoms with E-state index < -0.39 is 11.8 Å². The highest BCUT2D eigenvalue weighted by molar-refractivity contribution is 6.42. The lowest BCUT2D eigenvalue weighted by molar-refractivity contribution is -0.131. The molecule has 0 aromatic carbocycles. The van der Waals surface area contributed by atoms with E-state index in [0.717, 1.165) is 0 Å². The number of Topliss-reactive ketones (excluding diaryl/α,β-unsaturated/α-hetero) is 1. The van der Waals surface area contributed by atoms with Gasteiger partial charge in [-0.3, -0.25) is 4.79 Å². The van der Waals surface area contributed by atoms with Crippen molar-refractivity contribution < 1.29 is 19.4 Å². The van der Waals surface area contributed by atoms with Crippen molar-refractivity contribution in [2.24, 2.45) is 0 Å². The molecular weight excluding hydrogens is 312 g/mol. The smallest absolute Gasteiger partial charge is 0.377 e. The van der Waals surface area contributed by atoms with Crippen molar-refractivity contribution in [2.45, 2.75) is 0 Å². The number of nitrogens with zero attached hydrogens (tertiary/aromatic N) is 3. The highest BCUT2D eigenvalue weighted by Gasteiger charge is 2.24. The van der Waals surface area contributed by atoms with Gasteiger partial charge in [0, 0.05) is 6.20 Å². The Morgan fingerprint density at radius 3 is 2.77 bits per heavy atom. The number of fused-ring (bicyclic) bond motifs is 1. The molecule has 3 rings (SSSR count). The fourth-order valence-electron chi connectivity index (χ4n) is 2.14. The van der Waals surface area contributed by atoms with E-state index in [1.807, 2.05) is 0 Å². The van der Waals surface area contributed by atoms with Crippen LogP contribution in [0.15, 0.2) is 24.8 Å². The summed E-state index contributed by atoms with van der Waals surface area (Å²) in [6, 6.07) is 0. The third-order valence-electron chi connectivity index (χ3n) is 3.08. The Kier molecular flexibility index (Phi) is 3.30. The van der Waals surface area contributed by atoms with Gasteiger partial charge in [0.05, 0.1) is 47.2 Å². The number of pyridine rings is 1. The number of aliphatic carboxylic acids is 1. The molecule has 0 saturated carbocycles. The summed E-state index contributed by atoms with van der Waals surface area (Å²) in [5.41, 5.74) is 0.407. The maximum atomic E-state index is 11.8. The molecular formula is C13H9ClN4O4. The number of carboxylic acid groups (broad SMARTS) is 1. The van der Waals surface area contributed by atoms with Gasteiger partial charge >= 0.3 is 5.97 Å². The number of halogens is 1. The van der Waals surface area contributed by atoms with Gasteiger partial charge < -0.3 is 14.8 Å². The zero-order valence-electron chi connectivity index (χ0n) is 11.2. The predicted molar refractivity (Wildman–Crippen MR) is 76.7 cm³/mol. The molecule has 0 aliphatic heterocycles. The summed E-state index contributed by atoms with van der Waals surface area (Å²) in [5, 5.41) is 13.7. The maximum absolute atomic E-state index is 11.8. The van der Waals surface area contributed by atoms with E-state index in [0.29, 0.717) is 21.7 Å². The van der Waals surface area contributed by atoms with E-state index in [1.54, 1.807) is 0 Å². The van der Waals surface area contributed by atoms with Gasteiger partial charge in [-0.25, -0.2) is 14.5 Å². The minimum Gasteiger partial charge on any atom is -0.494 e. The lowest BCUT2D eigenvalue weighted by atomic mass is 10.1. The summed E-state index contributed by atoms with van der Waals surface area (Å²) in [6.45, 7) is 0. The molecule has 0 aliphatic rings. The Balaban J connectivity index is 2.30. The normalized spacial score (nSPS) is 10.8. The molecule has 0 unspecified atom stereocenters. The van der Waals surface area contributed by atoms with Gasteiger partial charge in [0.15, 0.2) is 5.82 Å². The van der Waals surface area contributed by atoms with E-state index in [2.05, 4.69) is 15.1 Å². The van der Waals surface area contributed by atoms with E-state index in [1.165, 1.54) is 36.6 Å². The van der Waals surface area contributed by atoms with Crippen LogP contribution in [0.4, 0.5) is 0 Å². The molecule has 0 spiro atoms. The average Bonchev–Trinajstić information content (AvgIpc) is 3.12. The van der Waals surface area contributed by atoms with Crippen molar-refractivity contribution in [2.75, 3.05) is 7.11 Å². The number of carboxylic acids is 1. The number of methoxy groups -OCH3 is 1. The van der Waals surface area contributed by atoms with Crippen LogP contribution in [0, 0.1) is 0 Å². The van der Waals surface area contributed by atoms with Gasteiger partial charge in [0.25, 0.3) is 5.78 Å². The van der Waals surface area contributed by atoms with Crippen molar-refractivity contribution in [3.05, 3.63) is 35.4 Å². The molecule has 0 aliphatic carbocycles.